The number of hydrogen-bond donors (Lipinski definition) is 1. The van der Waals surface area contributed by atoms with Crippen LogP contribution in [0.5, 0.6) is 5.75 Å². The summed E-state index contributed by atoms with van der Waals surface area (Å²) in [6.07, 6.45) is 0.933. The second kappa shape index (κ2) is 6.78. The average molecular weight is 290 g/mol. The van der Waals surface area contributed by atoms with Crippen molar-refractivity contribution in [2.24, 2.45) is 0 Å². The summed E-state index contributed by atoms with van der Waals surface area (Å²) in [4.78, 5) is 0. The number of halogens is 1. The van der Waals surface area contributed by atoms with Crippen molar-refractivity contribution in [1.29, 1.82) is 0 Å². The van der Waals surface area contributed by atoms with Gasteiger partial charge in [-0.3, -0.25) is 0 Å². The van der Waals surface area contributed by atoms with Gasteiger partial charge in [0.15, 0.2) is 0 Å². The lowest BCUT2D eigenvalue weighted by Crippen LogP contribution is -2.19. The Hall–Kier alpha value is -1.51. The van der Waals surface area contributed by atoms with Crippen LogP contribution < -0.4 is 10.1 Å². The molecule has 2 rings (SSSR count). The lowest BCUT2D eigenvalue weighted by atomic mass is 9.98. The smallest absolute Gasteiger partial charge is 0.137 e. The third-order valence-electron chi connectivity index (χ3n) is 3.45. The van der Waals surface area contributed by atoms with E-state index in [1.807, 2.05) is 25.2 Å². The highest BCUT2D eigenvalue weighted by Gasteiger charge is 2.12. The molecule has 20 heavy (non-hydrogen) atoms. The van der Waals surface area contributed by atoms with Crippen LogP contribution in [0.4, 0.5) is 0 Å². The molecule has 0 saturated heterocycles. The van der Waals surface area contributed by atoms with Gasteiger partial charge in [-0.1, -0.05) is 47.5 Å². The molecule has 0 aromatic heterocycles. The Morgan fingerprint density at radius 1 is 1.20 bits per heavy atom. The zero-order valence-corrected chi connectivity index (χ0v) is 12.9. The molecule has 1 N–H and O–H groups in total. The first kappa shape index (κ1) is 14.9. The molecule has 0 amide bonds. The summed E-state index contributed by atoms with van der Waals surface area (Å²) in [5, 5.41) is 4.00. The van der Waals surface area contributed by atoms with Crippen molar-refractivity contribution < 1.29 is 4.74 Å². The molecule has 0 bridgehead atoms. The van der Waals surface area contributed by atoms with Crippen molar-refractivity contribution in [2.75, 3.05) is 14.2 Å². The van der Waals surface area contributed by atoms with Gasteiger partial charge in [0.25, 0.3) is 0 Å². The van der Waals surface area contributed by atoms with Crippen molar-refractivity contribution >= 4 is 11.6 Å². The summed E-state index contributed by atoms with van der Waals surface area (Å²) < 4.78 is 5.29. The van der Waals surface area contributed by atoms with Crippen molar-refractivity contribution in [3.05, 3.63) is 64.2 Å². The molecule has 0 aliphatic heterocycles. The zero-order chi connectivity index (χ0) is 14.5. The van der Waals surface area contributed by atoms with Gasteiger partial charge < -0.3 is 10.1 Å². The van der Waals surface area contributed by atoms with E-state index in [0.717, 1.165) is 6.42 Å². The second-order valence-corrected chi connectivity index (χ2v) is 5.34. The highest BCUT2D eigenvalue weighted by Crippen LogP contribution is 2.29. The minimum atomic E-state index is 0.239. The van der Waals surface area contributed by atoms with Crippen LogP contribution in [0.3, 0.4) is 0 Å². The van der Waals surface area contributed by atoms with Crippen molar-refractivity contribution in [3.8, 4) is 5.75 Å². The third kappa shape index (κ3) is 3.53. The predicted molar refractivity (Wildman–Crippen MR) is 84.7 cm³/mol. The second-order valence-electron chi connectivity index (χ2n) is 4.93. The van der Waals surface area contributed by atoms with Crippen LogP contribution in [0.25, 0.3) is 0 Å². The summed E-state index contributed by atoms with van der Waals surface area (Å²) in [7, 11) is 3.61. The lowest BCUT2D eigenvalue weighted by Gasteiger charge is -2.18. The number of aryl methyl sites for hydroxylation is 1. The van der Waals surface area contributed by atoms with Gasteiger partial charge in [0.05, 0.1) is 12.1 Å². The van der Waals surface area contributed by atoms with Crippen molar-refractivity contribution in [2.45, 2.75) is 19.4 Å². The summed E-state index contributed by atoms with van der Waals surface area (Å²) in [6, 6.07) is 14.8. The molecule has 0 heterocycles. The van der Waals surface area contributed by atoms with Gasteiger partial charge >= 0.3 is 0 Å². The molecule has 0 radical (unpaired) electrons. The van der Waals surface area contributed by atoms with Gasteiger partial charge in [-0.25, -0.2) is 0 Å². The van der Waals surface area contributed by atoms with Crippen molar-refractivity contribution in [3.63, 3.8) is 0 Å². The minimum Gasteiger partial charge on any atom is -0.495 e. The highest BCUT2D eigenvalue weighted by atomic mass is 35.5. The predicted octanol–water partition coefficient (Wildman–Crippen LogP) is 4.16. The Kier molecular flexibility index (Phi) is 5.05. The topological polar surface area (TPSA) is 21.3 Å². The van der Waals surface area contributed by atoms with E-state index in [9.17, 15) is 0 Å². The minimum absolute atomic E-state index is 0.239. The molecule has 1 unspecified atom stereocenters. The summed E-state index contributed by atoms with van der Waals surface area (Å²) >= 11 is 6.08. The molecule has 0 spiro atoms. The van der Waals surface area contributed by atoms with Gasteiger partial charge in [0.2, 0.25) is 0 Å². The van der Waals surface area contributed by atoms with E-state index in [4.69, 9.17) is 16.3 Å². The van der Waals surface area contributed by atoms with Gasteiger partial charge in [0.1, 0.15) is 5.75 Å². The maximum Gasteiger partial charge on any atom is 0.137 e. The van der Waals surface area contributed by atoms with Crippen LogP contribution in [0.1, 0.15) is 22.7 Å². The van der Waals surface area contributed by atoms with E-state index in [-0.39, 0.29) is 6.04 Å². The molecule has 0 aliphatic rings. The fourth-order valence-electron chi connectivity index (χ4n) is 2.35. The molecule has 2 aromatic carbocycles. The summed E-state index contributed by atoms with van der Waals surface area (Å²) in [5.41, 5.74) is 3.78. The molecule has 106 valence electrons. The number of benzene rings is 2. The van der Waals surface area contributed by atoms with Crippen LogP contribution in [0, 0.1) is 6.92 Å². The first-order valence-electron chi connectivity index (χ1n) is 6.70. The maximum absolute atomic E-state index is 6.08. The molecule has 0 saturated carbocycles. The number of nitrogens with one attached hydrogen (secondary N) is 1. The van der Waals surface area contributed by atoms with Crippen LogP contribution in [0.15, 0.2) is 42.5 Å². The highest BCUT2D eigenvalue weighted by molar-refractivity contribution is 6.32. The number of methoxy groups -OCH3 is 1. The Balaban J connectivity index is 2.24. The summed E-state index contributed by atoms with van der Waals surface area (Å²) in [5.74, 6) is 0.716. The average Bonchev–Trinajstić information content (AvgIpc) is 2.45. The number of ether oxygens (including phenoxy) is 1. The van der Waals surface area contributed by atoms with Crippen LogP contribution in [-0.4, -0.2) is 14.2 Å². The van der Waals surface area contributed by atoms with E-state index < -0.39 is 0 Å². The fourth-order valence-corrected chi connectivity index (χ4v) is 2.55. The maximum atomic E-state index is 6.08. The Labute approximate surface area is 125 Å². The monoisotopic (exact) mass is 289 g/mol. The van der Waals surface area contributed by atoms with E-state index in [1.165, 1.54) is 16.7 Å². The van der Waals surface area contributed by atoms with E-state index in [0.29, 0.717) is 10.8 Å². The summed E-state index contributed by atoms with van der Waals surface area (Å²) in [6.45, 7) is 2.11. The van der Waals surface area contributed by atoms with Crippen LogP contribution in [0.2, 0.25) is 5.02 Å². The van der Waals surface area contributed by atoms with E-state index >= 15 is 0 Å². The fraction of sp³-hybridized carbons (Fsp3) is 0.294. The molecule has 2 nitrogen and oxygen atoms in total. The van der Waals surface area contributed by atoms with Gasteiger partial charge in [-0.15, -0.1) is 0 Å². The molecular weight excluding hydrogens is 270 g/mol. The van der Waals surface area contributed by atoms with Crippen LogP contribution >= 0.6 is 11.6 Å². The van der Waals surface area contributed by atoms with E-state index in [2.05, 4.69) is 36.5 Å². The number of likely N-dealkylation sites (N-methyl/N-ethyl adjacent to an activating group) is 1. The van der Waals surface area contributed by atoms with Crippen molar-refractivity contribution in [1.82, 2.24) is 5.32 Å². The zero-order valence-electron chi connectivity index (χ0n) is 12.1. The van der Waals surface area contributed by atoms with Gasteiger partial charge in [-0.05, 0) is 43.7 Å². The first-order valence-corrected chi connectivity index (χ1v) is 7.08. The molecule has 3 heteroatoms. The molecule has 1 atom stereocenters. The quantitative estimate of drug-likeness (QED) is 0.892. The number of rotatable bonds is 5. The molecular formula is C17H20ClNO. The Morgan fingerprint density at radius 2 is 2.00 bits per heavy atom. The first-order chi connectivity index (χ1) is 9.63. The van der Waals surface area contributed by atoms with Crippen LogP contribution in [-0.2, 0) is 6.42 Å². The van der Waals surface area contributed by atoms with E-state index in [1.54, 1.807) is 7.11 Å². The van der Waals surface area contributed by atoms with Gasteiger partial charge in [0, 0.05) is 6.04 Å². The third-order valence-corrected chi connectivity index (χ3v) is 3.76. The SMILES string of the molecule is CNC(Cc1cccc(C)c1)c1ccc(Cl)c(OC)c1. The standard InChI is InChI=1S/C17H20ClNO/c1-12-5-4-6-13(9-12)10-16(19-2)14-7-8-15(18)17(11-14)20-3/h4-9,11,16,19H,10H2,1-3H3. The Morgan fingerprint density at radius 3 is 2.65 bits per heavy atom. The molecule has 0 fully saturated rings. The Bertz CT molecular complexity index is 583. The normalized spacial score (nSPS) is 12.2. The lowest BCUT2D eigenvalue weighted by molar-refractivity contribution is 0.413. The molecule has 2 aromatic rings. The number of hydrogen-bond acceptors (Lipinski definition) is 2. The van der Waals surface area contributed by atoms with Gasteiger partial charge in [-0.2, -0.15) is 0 Å². The molecule has 0 aliphatic carbocycles. The largest absolute Gasteiger partial charge is 0.495 e.